The smallest absolute Gasteiger partial charge is 0.306 e. The van der Waals surface area contributed by atoms with Gasteiger partial charge in [-0.3, -0.25) is 0 Å². The second-order valence-corrected chi connectivity index (χ2v) is 9.49. The van der Waals surface area contributed by atoms with E-state index in [-0.39, 0.29) is 10.6 Å². The summed E-state index contributed by atoms with van der Waals surface area (Å²) in [6.07, 6.45) is 0. The van der Waals surface area contributed by atoms with E-state index in [2.05, 4.69) is 25.9 Å². The molecular weight excluding hydrogens is 454 g/mol. The fraction of sp³-hybridized carbons (Fsp3) is 0.0952. The van der Waals surface area contributed by atoms with Crippen LogP contribution in [0.25, 0.3) is 11.0 Å². The molecule has 1 unspecified atom stereocenters. The molecule has 0 aliphatic heterocycles. The quantitative estimate of drug-likeness (QED) is 0.460. The molecule has 0 spiro atoms. The molecule has 0 aliphatic carbocycles. The van der Waals surface area contributed by atoms with Crippen molar-refractivity contribution in [2.24, 2.45) is 0 Å². The van der Waals surface area contributed by atoms with Crippen LogP contribution in [0.2, 0.25) is 0 Å². The van der Waals surface area contributed by atoms with Crippen LogP contribution in [-0.4, -0.2) is 29.7 Å². The Morgan fingerprint density at radius 3 is 2.28 bits per heavy atom. The number of benzene rings is 3. The lowest BCUT2D eigenvalue weighted by Crippen LogP contribution is -2.32. The number of halogens is 1. The van der Waals surface area contributed by atoms with Crippen LogP contribution in [0.4, 0.5) is 0 Å². The van der Waals surface area contributed by atoms with E-state index < -0.39 is 16.1 Å². The van der Waals surface area contributed by atoms with Crippen LogP contribution in [0.3, 0.4) is 0 Å². The highest BCUT2D eigenvalue weighted by Gasteiger charge is 2.31. The van der Waals surface area contributed by atoms with Crippen molar-refractivity contribution in [1.29, 1.82) is 0 Å². The first-order chi connectivity index (χ1) is 13.9. The van der Waals surface area contributed by atoms with Gasteiger partial charge in [0.05, 0.1) is 22.0 Å². The molecule has 8 heteroatoms. The van der Waals surface area contributed by atoms with Crippen molar-refractivity contribution >= 4 is 37.0 Å². The van der Waals surface area contributed by atoms with Gasteiger partial charge in [0.25, 0.3) is 0 Å². The predicted octanol–water partition coefficient (Wildman–Crippen LogP) is 4.03. The molecule has 0 aliphatic rings. The Labute approximate surface area is 176 Å². The van der Waals surface area contributed by atoms with Crippen LogP contribution >= 0.6 is 15.9 Å². The second-order valence-electron chi connectivity index (χ2n) is 6.64. The van der Waals surface area contributed by atoms with Crippen molar-refractivity contribution in [1.82, 2.24) is 14.3 Å². The maximum Gasteiger partial charge on any atom is 0.323 e. The van der Waals surface area contributed by atoms with E-state index in [0.29, 0.717) is 11.0 Å². The molecule has 29 heavy (non-hydrogen) atoms. The third-order valence-electron chi connectivity index (χ3n) is 4.84. The summed E-state index contributed by atoms with van der Waals surface area (Å²) in [5.74, 6) is 0. The monoisotopic (exact) mass is 471 g/mol. The number of hydrogen-bond acceptors (Lipinski definition) is 3. The van der Waals surface area contributed by atoms with Crippen molar-refractivity contribution in [3.05, 3.63) is 98.9 Å². The molecule has 0 saturated carbocycles. The fourth-order valence-corrected chi connectivity index (χ4v) is 5.25. The highest BCUT2D eigenvalue weighted by atomic mass is 79.9. The zero-order valence-corrected chi connectivity index (χ0v) is 17.9. The maximum atomic E-state index is 13.5. The summed E-state index contributed by atoms with van der Waals surface area (Å²) in [5, 5.41) is 0. The molecule has 2 N–H and O–H groups in total. The molecule has 4 rings (SSSR count). The van der Waals surface area contributed by atoms with E-state index in [4.69, 9.17) is 0 Å². The zero-order chi connectivity index (χ0) is 20.6. The summed E-state index contributed by atoms with van der Waals surface area (Å²) in [6, 6.07) is 21.1. The minimum atomic E-state index is -3.86. The number of fused-ring (bicyclic) bond motifs is 1. The largest absolute Gasteiger partial charge is 0.323 e. The van der Waals surface area contributed by atoms with Gasteiger partial charge in [-0.25, -0.2) is 13.2 Å². The van der Waals surface area contributed by atoms with E-state index in [1.54, 1.807) is 13.1 Å². The van der Waals surface area contributed by atoms with Crippen molar-refractivity contribution in [3.8, 4) is 0 Å². The van der Waals surface area contributed by atoms with Crippen LogP contribution in [0.15, 0.2) is 87.0 Å². The summed E-state index contributed by atoms with van der Waals surface area (Å²) in [4.78, 5) is 16.9. The molecule has 0 fully saturated rings. The number of H-pyrrole nitrogens is 2. The molecule has 0 amide bonds. The van der Waals surface area contributed by atoms with Gasteiger partial charge in [0, 0.05) is 11.5 Å². The number of imidazole rings is 1. The molecule has 148 valence electrons. The number of aromatic amines is 2. The number of rotatable bonds is 5. The third-order valence-corrected chi connectivity index (χ3v) is 7.38. The Balaban J connectivity index is 1.85. The van der Waals surface area contributed by atoms with Crippen LogP contribution < -0.4 is 5.69 Å². The van der Waals surface area contributed by atoms with Gasteiger partial charge in [-0.15, -0.1) is 0 Å². The highest BCUT2D eigenvalue weighted by Crippen LogP contribution is 2.36. The lowest BCUT2D eigenvalue weighted by molar-refractivity contribution is 0.417. The first-order valence-electron chi connectivity index (χ1n) is 8.87. The Kier molecular flexibility index (Phi) is 5.16. The molecule has 3 aromatic carbocycles. The van der Waals surface area contributed by atoms with Gasteiger partial charge in [-0.05, 0) is 35.4 Å². The Morgan fingerprint density at radius 1 is 0.897 bits per heavy atom. The summed E-state index contributed by atoms with van der Waals surface area (Å²) >= 11 is 3.56. The molecule has 1 atom stereocenters. The highest BCUT2D eigenvalue weighted by molar-refractivity contribution is 9.10. The Hall–Kier alpha value is -2.68. The lowest BCUT2D eigenvalue weighted by Gasteiger charge is -2.29. The normalized spacial score (nSPS) is 13.1. The average molecular weight is 472 g/mol. The molecule has 0 bridgehead atoms. The fourth-order valence-electron chi connectivity index (χ4n) is 3.39. The van der Waals surface area contributed by atoms with Crippen LogP contribution in [-0.2, 0) is 10.0 Å². The van der Waals surface area contributed by atoms with Crippen molar-refractivity contribution < 1.29 is 8.42 Å². The van der Waals surface area contributed by atoms with E-state index in [0.717, 1.165) is 15.6 Å². The SMILES string of the molecule is CN(C(c1ccccc1)c1ccccc1Br)S(=O)(=O)c1ccc2[nH]c(=O)[nH]c2c1. The van der Waals surface area contributed by atoms with Gasteiger partial charge >= 0.3 is 5.69 Å². The van der Waals surface area contributed by atoms with Gasteiger partial charge in [-0.1, -0.05) is 64.5 Å². The minimum absolute atomic E-state index is 0.107. The number of aromatic nitrogens is 2. The summed E-state index contributed by atoms with van der Waals surface area (Å²) in [5.41, 5.74) is 2.31. The van der Waals surface area contributed by atoms with Gasteiger partial charge in [0.15, 0.2) is 0 Å². The average Bonchev–Trinajstić information content (AvgIpc) is 3.09. The van der Waals surface area contributed by atoms with Gasteiger partial charge in [0.2, 0.25) is 10.0 Å². The van der Waals surface area contributed by atoms with E-state index >= 15 is 0 Å². The number of hydrogen-bond donors (Lipinski definition) is 2. The lowest BCUT2D eigenvalue weighted by atomic mass is 9.99. The van der Waals surface area contributed by atoms with Gasteiger partial charge < -0.3 is 9.97 Å². The minimum Gasteiger partial charge on any atom is -0.306 e. The Morgan fingerprint density at radius 2 is 1.55 bits per heavy atom. The molecule has 1 aromatic heterocycles. The summed E-state index contributed by atoms with van der Waals surface area (Å²) in [6.45, 7) is 0. The number of nitrogens with one attached hydrogen (secondary N) is 2. The van der Waals surface area contributed by atoms with Gasteiger partial charge in [-0.2, -0.15) is 4.31 Å². The van der Waals surface area contributed by atoms with Crippen LogP contribution in [0.1, 0.15) is 17.2 Å². The topological polar surface area (TPSA) is 86.0 Å². The first kappa shape index (κ1) is 19.6. The van der Waals surface area contributed by atoms with Crippen LogP contribution in [0.5, 0.6) is 0 Å². The first-order valence-corrected chi connectivity index (χ1v) is 11.1. The predicted molar refractivity (Wildman–Crippen MR) is 116 cm³/mol. The second kappa shape index (κ2) is 7.62. The maximum absolute atomic E-state index is 13.5. The molecule has 6 nitrogen and oxygen atoms in total. The summed E-state index contributed by atoms with van der Waals surface area (Å²) < 4.78 is 29.2. The van der Waals surface area contributed by atoms with E-state index in [1.165, 1.54) is 16.4 Å². The molecule has 1 heterocycles. The molecule has 0 saturated heterocycles. The van der Waals surface area contributed by atoms with E-state index in [1.807, 2.05) is 54.6 Å². The van der Waals surface area contributed by atoms with Gasteiger partial charge in [0.1, 0.15) is 0 Å². The van der Waals surface area contributed by atoms with Crippen molar-refractivity contribution in [2.45, 2.75) is 10.9 Å². The van der Waals surface area contributed by atoms with Crippen LogP contribution in [0, 0.1) is 0 Å². The Bertz CT molecular complexity index is 1330. The number of sulfonamides is 1. The number of nitrogens with zero attached hydrogens (tertiary/aromatic N) is 1. The third kappa shape index (κ3) is 3.66. The molecular formula is C21H18BrN3O3S. The zero-order valence-electron chi connectivity index (χ0n) is 15.5. The standard InChI is InChI=1S/C21H18BrN3O3S/c1-25(29(27,28)15-11-12-18-19(13-15)24-21(26)23-18)20(14-7-3-2-4-8-14)16-9-5-6-10-17(16)22/h2-13,20H,1H3,(H2,23,24,26). The van der Waals surface area contributed by atoms with E-state index in [9.17, 15) is 13.2 Å². The molecule has 0 radical (unpaired) electrons. The molecule has 4 aromatic rings. The van der Waals surface area contributed by atoms with Crippen molar-refractivity contribution in [2.75, 3.05) is 7.05 Å². The van der Waals surface area contributed by atoms with Crippen molar-refractivity contribution in [3.63, 3.8) is 0 Å². The summed E-state index contributed by atoms with van der Waals surface area (Å²) in [7, 11) is -2.29.